The quantitative estimate of drug-likeness (QED) is 0.197. The summed E-state index contributed by atoms with van der Waals surface area (Å²) in [5.74, 6) is -3.28. The fraction of sp³-hybridized carbons (Fsp3) is 0.286. The molecular weight excluding hydrogens is 520 g/mol. The molecule has 1 unspecified atom stereocenters. The van der Waals surface area contributed by atoms with Gasteiger partial charge in [-0.1, -0.05) is 30.3 Å². The number of nitrogens with one attached hydrogen (secondary N) is 4. The van der Waals surface area contributed by atoms with Crippen molar-refractivity contribution < 1.29 is 33.5 Å². The van der Waals surface area contributed by atoms with Crippen LogP contribution in [0.1, 0.15) is 30.4 Å². The van der Waals surface area contributed by atoms with E-state index < -0.39 is 47.8 Å². The average Bonchev–Trinajstić information content (AvgIpc) is 2.90. The van der Waals surface area contributed by atoms with Crippen molar-refractivity contribution in [2.75, 3.05) is 18.4 Å². The van der Waals surface area contributed by atoms with Gasteiger partial charge in [-0.05, 0) is 36.6 Å². The van der Waals surface area contributed by atoms with Gasteiger partial charge in [0.05, 0.1) is 13.1 Å². The molecule has 1 heterocycles. The second kappa shape index (κ2) is 14.2. The van der Waals surface area contributed by atoms with Crippen molar-refractivity contribution in [3.63, 3.8) is 0 Å². The Labute approximate surface area is 229 Å². The number of rotatable bonds is 13. The highest BCUT2D eigenvalue weighted by atomic mass is 16.4. The van der Waals surface area contributed by atoms with Crippen LogP contribution in [-0.2, 0) is 30.4 Å². The Morgan fingerprint density at radius 2 is 1.57 bits per heavy atom. The Morgan fingerprint density at radius 1 is 0.875 bits per heavy atom. The summed E-state index contributed by atoms with van der Waals surface area (Å²) in [6.45, 7) is 0.954. The first-order valence-corrected chi connectivity index (χ1v) is 12.5. The summed E-state index contributed by atoms with van der Waals surface area (Å²) >= 11 is 0. The molecule has 0 aliphatic heterocycles. The zero-order valence-electron chi connectivity index (χ0n) is 21.8. The molecule has 3 rings (SSSR count). The molecule has 12 nitrogen and oxygen atoms in total. The zero-order valence-corrected chi connectivity index (χ0v) is 21.8. The third kappa shape index (κ3) is 9.39. The molecule has 210 valence electrons. The lowest BCUT2D eigenvalue weighted by Gasteiger charge is -2.19. The maximum atomic E-state index is 13.2. The molecular formula is C28H30N4O8. The first kappa shape index (κ1) is 29.6. The minimum atomic E-state index is -1.02. The van der Waals surface area contributed by atoms with Gasteiger partial charge in [0.1, 0.15) is 11.6 Å². The van der Waals surface area contributed by atoms with Crippen LogP contribution in [-0.4, -0.2) is 53.8 Å². The van der Waals surface area contributed by atoms with E-state index in [-0.39, 0.29) is 32.2 Å². The molecule has 1 atom stereocenters. The van der Waals surface area contributed by atoms with E-state index in [4.69, 9.17) is 9.52 Å². The molecule has 0 bridgehead atoms. The van der Waals surface area contributed by atoms with Gasteiger partial charge in [0.2, 0.25) is 23.6 Å². The summed E-state index contributed by atoms with van der Waals surface area (Å²) in [7, 11) is 0. The predicted octanol–water partition coefficient (Wildman–Crippen LogP) is 1.25. The van der Waals surface area contributed by atoms with Crippen LogP contribution in [0.5, 0.6) is 0 Å². The van der Waals surface area contributed by atoms with Crippen LogP contribution in [0.25, 0.3) is 11.0 Å². The number of aryl methyl sites for hydroxylation is 1. The Hall–Kier alpha value is -5.00. The van der Waals surface area contributed by atoms with Crippen LogP contribution >= 0.6 is 0 Å². The first-order valence-electron chi connectivity index (χ1n) is 12.5. The van der Waals surface area contributed by atoms with Crippen molar-refractivity contribution in [1.29, 1.82) is 0 Å². The molecule has 0 spiro atoms. The van der Waals surface area contributed by atoms with Gasteiger partial charge in [0, 0.05) is 42.5 Å². The van der Waals surface area contributed by atoms with E-state index >= 15 is 0 Å². The van der Waals surface area contributed by atoms with Crippen LogP contribution in [0.3, 0.4) is 0 Å². The van der Waals surface area contributed by atoms with Gasteiger partial charge in [-0.2, -0.15) is 0 Å². The molecule has 0 saturated carbocycles. The standard InChI is InChI=1S/C28H30N4O8/c1-17-12-27(38)40-22-14-19(10-11-20(17)22)31-28(39)21(13-18-6-3-2-4-7-18)32-25(35)16-30-24(34)15-29-23(33)8-5-9-26(36)37/h2-4,6-7,10-12,14,21H,5,8-9,13,15-16H2,1H3,(H,29,33)(H,30,34)(H,31,39)(H,32,35)(H,36,37). The average molecular weight is 551 g/mol. The summed E-state index contributed by atoms with van der Waals surface area (Å²) in [6.07, 6.45) is 0.109. The van der Waals surface area contributed by atoms with Crippen LogP contribution < -0.4 is 26.9 Å². The third-order valence-corrected chi connectivity index (χ3v) is 5.84. The number of carbonyl (C=O) groups is 5. The second-order valence-corrected chi connectivity index (χ2v) is 9.06. The number of carboxylic acid groups (broad SMARTS) is 1. The molecule has 0 fully saturated rings. The third-order valence-electron chi connectivity index (χ3n) is 5.84. The van der Waals surface area contributed by atoms with E-state index in [1.54, 1.807) is 43.3 Å². The maximum Gasteiger partial charge on any atom is 0.336 e. The van der Waals surface area contributed by atoms with Crippen molar-refractivity contribution >= 4 is 46.3 Å². The Bertz CT molecular complexity index is 1450. The van der Waals surface area contributed by atoms with Gasteiger partial charge in [-0.25, -0.2) is 4.79 Å². The number of amides is 4. The van der Waals surface area contributed by atoms with E-state index in [0.717, 1.165) is 16.5 Å². The molecule has 12 heteroatoms. The van der Waals surface area contributed by atoms with Gasteiger partial charge >= 0.3 is 11.6 Å². The molecule has 1 aromatic heterocycles. The fourth-order valence-electron chi connectivity index (χ4n) is 3.85. The molecule has 0 radical (unpaired) electrons. The molecule has 0 aliphatic carbocycles. The summed E-state index contributed by atoms with van der Waals surface area (Å²) in [5, 5.41) is 19.4. The molecule has 0 saturated heterocycles. The van der Waals surface area contributed by atoms with Crippen molar-refractivity contribution in [3.05, 3.63) is 76.1 Å². The number of hydrogen-bond donors (Lipinski definition) is 5. The molecule has 4 amide bonds. The number of benzene rings is 2. The smallest absolute Gasteiger partial charge is 0.336 e. The van der Waals surface area contributed by atoms with E-state index in [1.807, 2.05) is 6.07 Å². The number of hydrogen-bond acceptors (Lipinski definition) is 7. The highest BCUT2D eigenvalue weighted by molar-refractivity contribution is 5.99. The van der Waals surface area contributed by atoms with Gasteiger partial charge < -0.3 is 30.8 Å². The largest absolute Gasteiger partial charge is 0.481 e. The van der Waals surface area contributed by atoms with Gasteiger partial charge in [-0.3, -0.25) is 24.0 Å². The summed E-state index contributed by atoms with van der Waals surface area (Å²) in [6, 6.07) is 14.3. The first-order chi connectivity index (χ1) is 19.1. The van der Waals surface area contributed by atoms with Crippen molar-refractivity contribution in [1.82, 2.24) is 16.0 Å². The molecule has 3 aromatic rings. The lowest BCUT2D eigenvalue weighted by molar-refractivity contribution is -0.137. The van der Waals surface area contributed by atoms with E-state index in [9.17, 15) is 28.8 Å². The lowest BCUT2D eigenvalue weighted by Crippen LogP contribution is -2.49. The number of carboxylic acids is 1. The number of anilines is 1. The summed E-state index contributed by atoms with van der Waals surface area (Å²) < 4.78 is 5.24. The monoisotopic (exact) mass is 550 g/mol. The normalized spacial score (nSPS) is 11.3. The molecule has 5 N–H and O–H groups in total. The highest BCUT2D eigenvalue weighted by Gasteiger charge is 2.22. The SMILES string of the molecule is Cc1cc(=O)oc2cc(NC(=O)C(Cc3ccccc3)NC(=O)CNC(=O)CNC(=O)CCCC(=O)O)ccc12. The van der Waals surface area contributed by atoms with E-state index in [2.05, 4.69) is 21.3 Å². The topological polar surface area (TPSA) is 184 Å². The van der Waals surface area contributed by atoms with Gasteiger partial charge in [-0.15, -0.1) is 0 Å². The van der Waals surface area contributed by atoms with E-state index in [0.29, 0.717) is 11.3 Å². The fourth-order valence-corrected chi connectivity index (χ4v) is 3.85. The Morgan fingerprint density at radius 3 is 2.30 bits per heavy atom. The molecule has 2 aromatic carbocycles. The van der Waals surface area contributed by atoms with Crippen LogP contribution in [0, 0.1) is 6.92 Å². The Kier molecular flexibility index (Phi) is 10.5. The molecule has 0 aliphatic rings. The second-order valence-electron chi connectivity index (χ2n) is 9.06. The van der Waals surface area contributed by atoms with Gasteiger partial charge in [0.25, 0.3) is 0 Å². The van der Waals surface area contributed by atoms with Crippen LogP contribution in [0.2, 0.25) is 0 Å². The van der Waals surface area contributed by atoms with Crippen LogP contribution in [0.4, 0.5) is 5.69 Å². The number of fused-ring (bicyclic) bond motifs is 1. The zero-order chi connectivity index (χ0) is 29.1. The molecule has 40 heavy (non-hydrogen) atoms. The number of carbonyl (C=O) groups excluding carboxylic acids is 4. The summed E-state index contributed by atoms with van der Waals surface area (Å²) in [5.41, 5.74) is 1.69. The highest BCUT2D eigenvalue weighted by Crippen LogP contribution is 2.21. The number of aliphatic carboxylic acids is 1. The van der Waals surface area contributed by atoms with E-state index in [1.165, 1.54) is 12.1 Å². The van der Waals surface area contributed by atoms with Crippen molar-refractivity contribution in [3.8, 4) is 0 Å². The van der Waals surface area contributed by atoms with Gasteiger partial charge in [0.15, 0.2) is 0 Å². The van der Waals surface area contributed by atoms with Crippen LogP contribution in [0.15, 0.2) is 63.8 Å². The maximum absolute atomic E-state index is 13.2. The van der Waals surface area contributed by atoms with Crippen molar-refractivity contribution in [2.45, 2.75) is 38.6 Å². The van der Waals surface area contributed by atoms with Crippen molar-refractivity contribution in [2.24, 2.45) is 0 Å². The lowest BCUT2D eigenvalue weighted by atomic mass is 10.0. The minimum absolute atomic E-state index is 0.0424. The Balaban J connectivity index is 1.59. The summed E-state index contributed by atoms with van der Waals surface area (Å²) in [4.78, 5) is 71.7. The predicted molar refractivity (Wildman–Crippen MR) is 145 cm³/mol. The minimum Gasteiger partial charge on any atom is -0.481 e.